The largest absolute Gasteiger partial charge is 0.495 e. The summed E-state index contributed by atoms with van der Waals surface area (Å²) in [6.45, 7) is 0. The average Bonchev–Trinajstić information content (AvgIpc) is 2.44. The maximum absolute atomic E-state index is 13.2. The lowest BCUT2D eigenvalue weighted by atomic mass is 9.99. The Balaban J connectivity index is 2.43. The fourth-order valence-corrected chi connectivity index (χ4v) is 2.01. The quantitative estimate of drug-likeness (QED) is 0.875. The number of methoxy groups -OCH3 is 1. The number of halogens is 4. The molecule has 0 bridgehead atoms. The van der Waals surface area contributed by atoms with Crippen LogP contribution in [-0.2, 0) is 0 Å². The van der Waals surface area contributed by atoms with Crippen LogP contribution in [-0.4, -0.2) is 7.11 Å². The zero-order valence-electron chi connectivity index (χ0n) is 10.5. The third-order valence-corrected chi connectivity index (χ3v) is 3.21. The molecule has 20 heavy (non-hydrogen) atoms. The topological polar surface area (TPSA) is 35.2 Å². The van der Waals surface area contributed by atoms with Crippen LogP contribution in [0.1, 0.15) is 17.2 Å². The van der Waals surface area contributed by atoms with Crippen LogP contribution < -0.4 is 10.5 Å². The molecule has 0 amide bonds. The Morgan fingerprint density at radius 3 is 2.20 bits per heavy atom. The van der Waals surface area contributed by atoms with Gasteiger partial charge in [0.05, 0.1) is 18.2 Å². The first kappa shape index (κ1) is 14.7. The molecule has 0 saturated heterocycles. The van der Waals surface area contributed by atoms with Gasteiger partial charge in [-0.2, -0.15) is 0 Å². The second-order valence-electron chi connectivity index (χ2n) is 4.17. The number of rotatable bonds is 3. The fourth-order valence-electron chi connectivity index (χ4n) is 1.82. The summed E-state index contributed by atoms with van der Waals surface area (Å²) in [6, 6.07) is 5.63. The van der Waals surface area contributed by atoms with E-state index in [4.69, 9.17) is 22.1 Å². The summed E-state index contributed by atoms with van der Waals surface area (Å²) < 4.78 is 44.4. The highest BCUT2D eigenvalue weighted by Gasteiger charge is 2.17. The molecule has 0 aliphatic rings. The summed E-state index contributed by atoms with van der Waals surface area (Å²) in [5.41, 5.74) is 6.58. The highest BCUT2D eigenvalue weighted by Crippen LogP contribution is 2.30. The summed E-state index contributed by atoms with van der Waals surface area (Å²) in [7, 11) is 1.44. The first-order valence-electron chi connectivity index (χ1n) is 5.67. The first-order chi connectivity index (χ1) is 9.43. The van der Waals surface area contributed by atoms with Gasteiger partial charge < -0.3 is 10.5 Å². The molecule has 0 spiro atoms. The molecule has 6 heteroatoms. The van der Waals surface area contributed by atoms with Gasteiger partial charge in [-0.05, 0) is 35.4 Å². The SMILES string of the molecule is COc1cc(C(N)c2cc(F)c(F)c(F)c2)ccc1Cl. The number of hydrogen-bond acceptors (Lipinski definition) is 2. The Kier molecular flexibility index (Phi) is 4.20. The average molecular weight is 302 g/mol. The predicted molar refractivity (Wildman–Crippen MR) is 70.4 cm³/mol. The zero-order valence-corrected chi connectivity index (χ0v) is 11.2. The second kappa shape index (κ2) is 5.73. The molecular formula is C14H11ClF3NO. The molecule has 2 N–H and O–H groups in total. The van der Waals surface area contributed by atoms with E-state index in [1.807, 2.05) is 0 Å². The van der Waals surface area contributed by atoms with E-state index in [2.05, 4.69) is 0 Å². The van der Waals surface area contributed by atoms with E-state index in [9.17, 15) is 13.2 Å². The minimum absolute atomic E-state index is 0.116. The van der Waals surface area contributed by atoms with Crippen molar-refractivity contribution in [2.75, 3.05) is 7.11 Å². The van der Waals surface area contributed by atoms with Crippen molar-refractivity contribution in [2.24, 2.45) is 5.73 Å². The lowest BCUT2D eigenvalue weighted by molar-refractivity contribution is 0.414. The monoisotopic (exact) mass is 301 g/mol. The van der Waals surface area contributed by atoms with Crippen molar-refractivity contribution in [1.82, 2.24) is 0 Å². The number of benzene rings is 2. The molecular weight excluding hydrogens is 291 g/mol. The Hall–Kier alpha value is -1.72. The Morgan fingerprint density at radius 1 is 1.05 bits per heavy atom. The lowest BCUT2D eigenvalue weighted by Crippen LogP contribution is -2.13. The van der Waals surface area contributed by atoms with E-state index in [-0.39, 0.29) is 5.56 Å². The van der Waals surface area contributed by atoms with Crippen LogP contribution in [0.5, 0.6) is 5.75 Å². The smallest absolute Gasteiger partial charge is 0.194 e. The van der Waals surface area contributed by atoms with Crippen molar-refractivity contribution in [3.05, 3.63) is 63.9 Å². The molecule has 2 aromatic carbocycles. The van der Waals surface area contributed by atoms with Crippen LogP contribution in [0.4, 0.5) is 13.2 Å². The zero-order chi connectivity index (χ0) is 14.9. The third-order valence-electron chi connectivity index (χ3n) is 2.90. The summed E-state index contributed by atoms with van der Waals surface area (Å²) in [5.74, 6) is -3.69. The molecule has 1 atom stereocenters. The molecule has 0 aliphatic carbocycles. The summed E-state index contributed by atoms with van der Waals surface area (Å²) in [4.78, 5) is 0. The third kappa shape index (κ3) is 2.73. The van der Waals surface area contributed by atoms with Crippen molar-refractivity contribution in [3.63, 3.8) is 0 Å². The maximum Gasteiger partial charge on any atom is 0.194 e. The second-order valence-corrected chi connectivity index (χ2v) is 4.58. The number of ether oxygens (including phenoxy) is 1. The van der Waals surface area contributed by atoms with E-state index in [0.717, 1.165) is 12.1 Å². The van der Waals surface area contributed by atoms with Gasteiger partial charge in [-0.1, -0.05) is 17.7 Å². The molecule has 0 aliphatic heterocycles. The molecule has 2 aromatic rings. The Labute approximate surface area is 118 Å². The summed E-state index contributed by atoms with van der Waals surface area (Å²) >= 11 is 5.88. The molecule has 0 fully saturated rings. The number of hydrogen-bond donors (Lipinski definition) is 1. The van der Waals surface area contributed by atoms with Crippen molar-refractivity contribution in [2.45, 2.75) is 6.04 Å². The lowest BCUT2D eigenvalue weighted by Gasteiger charge is -2.15. The predicted octanol–water partition coefficient (Wildman–Crippen LogP) is 3.81. The van der Waals surface area contributed by atoms with Gasteiger partial charge in [0.25, 0.3) is 0 Å². The van der Waals surface area contributed by atoms with Crippen LogP contribution in [0.15, 0.2) is 30.3 Å². The van der Waals surface area contributed by atoms with Gasteiger partial charge in [-0.3, -0.25) is 0 Å². The molecule has 0 aromatic heterocycles. The summed E-state index contributed by atoms with van der Waals surface area (Å²) in [5, 5.41) is 0.389. The molecule has 106 valence electrons. The van der Waals surface area contributed by atoms with E-state index < -0.39 is 23.5 Å². The van der Waals surface area contributed by atoms with Gasteiger partial charge in [0.1, 0.15) is 5.75 Å². The van der Waals surface area contributed by atoms with Gasteiger partial charge in [-0.25, -0.2) is 13.2 Å². The van der Waals surface area contributed by atoms with E-state index in [1.54, 1.807) is 18.2 Å². The van der Waals surface area contributed by atoms with Gasteiger partial charge in [0, 0.05) is 0 Å². The maximum atomic E-state index is 13.2. The fraction of sp³-hybridized carbons (Fsp3) is 0.143. The van der Waals surface area contributed by atoms with Gasteiger partial charge in [-0.15, -0.1) is 0 Å². The van der Waals surface area contributed by atoms with Crippen LogP contribution in [0.2, 0.25) is 5.02 Å². The number of nitrogens with two attached hydrogens (primary N) is 1. The minimum Gasteiger partial charge on any atom is -0.495 e. The molecule has 0 radical (unpaired) electrons. The first-order valence-corrected chi connectivity index (χ1v) is 6.05. The molecule has 2 rings (SSSR count). The van der Waals surface area contributed by atoms with Crippen LogP contribution >= 0.6 is 11.6 Å². The van der Waals surface area contributed by atoms with E-state index in [1.165, 1.54) is 7.11 Å². The molecule has 0 heterocycles. The highest BCUT2D eigenvalue weighted by molar-refractivity contribution is 6.32. The Bertz CT molecular complexity index is 625. The van der Waals surface area contributed by atoms with E-state index >= 15 is 0 Å². The highest BCUT2D eigenvalue weighted by atomic mass is 35.5. The van der Waals surface area contributed by atoms with Crippen LogP contribution in [0.25, 0.3) is 0 Å². The van der Waals surface area contributed by atoms with Crippen molar-refractivity contribution in [3.8, 4) is 5.75 Å². The van der Waals surface area contributed by atoms with Crippen molar-refractivity contribution in [1.29, 1.82) is 0 Å². The van der Waals surface area contributed by atoms with Crippen LogP contribution in [0, 0.1) is 17.5 Å². The molecule has 2 nitrogen and oxygen atoms in total. The van der Waals surface area contributed by atoms with Crippen molar-refractivity contribution < 1.29 is 17.9 Å². The van der Waals surface area contributed by atoms with Crippen molar-refractivity contribution >= 4 is 11.6 Å². The molecule has 1 unspecified atom stereocenters. The standard InChI is InChI=1S/C14H11ClF3NO/c1-20-12-6-7(2-3-9(12)15)14(19)8-4-10(16)13(18)11(17)5-8/h2-6,14H,19H2,1H3. The summed E-state index contributed by atoms with van der Waals surface area (Å²) in [6.07, 6.45) is 0. The Morgan fingerprint density at radius 2 is 1.65 bits per heavy atom. The van der Waals surface area contributed by atoms with Gasteiger partial charge >= 0.3 is 0 Å². The van der Waals surface area contributed by atoms with Gasteiger partial charge in [0.15, 0.2) is 17.5 Å². The normalized spacial score (nSPS) is 12.3. The van der Waals surface area contributed by atoms with E-state index in [0.29, 0.717) is 16.3 Å². The molecule has 0 saturated carbocycles. The van der Waals surface area contributed by atoms with Crippen LogP contribution in [0.3, 0.4) is 0 Å². The minimum atomic E-state index is -1.52. The van der Waals surface area contributed by atoms with Gasteiger partial charge in [0.2, 0.25) is 0 Å².